The van der Waals surface area contributed by atoms with Crippen molar-refractivity contribution in [2.45, 2.75) is 12.5 Å². The van der Waals surface area contributed by atoms with Crippen molar-refractivity contribution in [3.8, 4) is 0 Å². The van der Waals surface area contributed by atoms with Crippen LogP contribution in [0.4, 0.5) is 4.79 Å². The highest BCUT2D eigenvalue weighted by Gasteiger charge is 2.28. The van der Waals surface area contributed by atoms with E-state index in [-0.39, 0.29) is 12.8 Å². The number of piperazine rings is 1. The van der Waals surface area contributed by atoms with Crippen LogP contribution in [0.5, 0.6) is 0 Å². The second kappa shape index (κ2) is 4.39. The van der Waals surface area contributed by atoms with Gasteiger partial charge in [0.1, 0.15) is 12.0 Å². The molecule has 0 saturated carbocycles. The molecule has 84 valence electrons. The van der Waals surface area contributed by atoms with Crippen LogP contribution in [-0.4, -0.2) is 48.6 Å². The number of nitrogens with zero attached hydrogens (tertiary/aromatic N) is 1. The second-order valence-corrected chi connectivity index (χ2v) is 3.55. The van der Waals surface area contributed by atoms with Gasteiger partial charge in [-0.1, -0.05) is 0 Å². The summed E-state index contributed by atoms with van der Waals surface area (Å²) in [6.07, 6.45) is 1.24. The zero-order valence-corrected chi connectivity index (χ0v) is 8.31. The zero-order valence-electron chi connectivity index (χ0n) is 8.31. The fourth-order valence-corrected chi connectivity index (χ4v) is 1.81. The molecule has 0 spiro atoms. The predicted octanol–water partition coefficient (Wildman–Crippen LogP) is 0.174. The molecular weight excluding hydrogens is 200 g/mol. The van der Waals surface area contributed by atoms with Crippen molar-refractivity contribution < 1.29 is 19.4 Å². The van der Waals surface area contributed by atoms with Crippen molar-refractivity contribution in [1.82, 2.24) is 10.2 Å². The second-order valence-electron chi connectivity index (χ2n) is 3.55. The SMILES string of the molecule is O=C(O)N1CCNCC1CC1=COCO1. The molecule has 2 aliphatic rings. The summed E-state index contributed by atoms with van der Waals surface area (Å²) in [6.45, 7) is 2.13. The highest BCUT2D eigenvalue weighted by molar-refractivity contribution is 5.65. The third-order valence-electron chi connectivity index (χ3n) is 2.56. The number of hydrogen-bond acceptors (Lipinski definition) is 4. The van der Waals surface area contributed by atoms with Gasteiger partial charge in [0, 0.05) is 26.1 Å². The van der Waals surface area contributed by atoms with Gasteiger partial charge >= 0.3 is 6.09 Å². The van der Waals surface area contributed by atoms with Crippen LogP contribution in [0.2, 0.25) is 0 Å². The summed E-state index contributed by atoms with van der Waals surface area (Å²) in [4.78, 5) is 12.4. The first kappa shape index (κ1) is 10.1. The maximum atomic E-state index is 10.9. The van der Waals surface area contributed by atoms with Gasteiger partial charge in [-0.05, 0) is 0 Å². The summed E-state index contributed by atoms with van der Waals surface area (Å²) < 4.78 is 10.1. The van der Waals surface area contributed by atoms with Crippen molar-refractivity contribution in [1.29, 1.82) is 0 Å². The van der Waals surface area contributed by atoms with Crippen molar-refractivity contribution in [2.75, 3.05) is 26.4 Å². The van der Waals surface area contributed by atoms with E-state index in [9.17, 15) is 4.79 Å². The van der Waals surface area contributed by atoms with Crippen LogP contribution in [-0.2, 0) is 9.47 Å². The minimum atomic E-state index is -0.874. The Morgan fingerprint density at radius 3 is 3.27 bits per heavy atom. The van der Waals surface area contributed by atoms with Crippen molar-refractivity contribution >= 4 is 6.09 Å². The normalized spacial score (nSPS) is 25.5. The smallest absolute Gasteiger partial charge is 0.407 e. The molecule has 0 aromatic carbocycles. The molecule has 1 unspecified atom stereocenters. The summed E-state index contributed by atoms with van der Waals surface area (Å²) in [6, 6.07) is -0.0656. The number of hydrogen-bond donors (Lipinski definition) is 2. The Hall–Kier alpha value is -1.43. The Morgan fingerprint density at radius 2 is 2.60 bits per heavy atom. The van der Waals surface area contributed by atoms with E-state index in [0.717, 1.165) is 5.76 Å². The monoisotopic (exact) mass is 214 g/mol. The highest BCUT2D eigenvalue weighted by Crippen LogP contribution is 2.17. The van der Waals surface area contributed by atoms with Gasteiger partial charge in [0.05, 0.1) is 6.04 Å². The summed E-state index contributed by atoms with van der Waals surface area (Å²) in [7, 11) is 0. The van der Waals surface area contributed by atoms with Gasteiger partial charge in [-0.3, -0.25) is 0 Å². The van der Waals surface area contributed by atoms with E-state index in [2.05, 4.69) is 5.32 Å². The lowest BCUT2D eigenvalue weighted by Crippen LogP contribution is -2.53. The molecule has 0 aromatic heterocycles. The maximum absolute atomic E-state index is 10.9. The van der Waals surface area contributed by atoms with Crippen LogP contribution in [0.25, 0.3) is 0 Å². The fourth-order valence-electron chi connectivity index (χ4n) is 1.81. The van der Waals surface area contributed by atoms with Crippen LogP contribution in [0.3, 0.4) is 0 Å². The summed E-state index contributed by atoms with van der Waals surface area (Å²) in [5.41, 5.74) is 0. The largest absolute Gasteiger partial charge is 0.465 e. The van der Waals surface area contributed by atoms with Crippen LogP contribution in [0.1, 0.15) is 6.42 Å². The molecule has 2 rings (SSSR count). The molecule has 2 heterocycles. The third kappa shape index (κ3) is 2.33. The quantitative estimate of drug-likeness (QED) is 0.685. The molecule has 1 amide bonds. The average Bonchev–Trinajstić information content (AvgIpc) is 2.71. The van der Waals surface area contributed by atoms with Gasteiger partial charge in [0.15, 0.2) is 0 Å². The Labute approximate surface area is 87.5 Å². The molecule has 0 aliphatic carbocycles. The Bertz CT molecular complexity index is 279. The fraction of sp³-hybridized carbons (Fsp3) is 0.667. The van der Waals surface area contributed by atoms with Gasteiger partial charge in [-0.25, -0.2) is 4.79 Å². The van der Waals surface area contributed by atoms with E-state index in [0.29, 0.717) is 26.1 Å². The van der Waals surface area contributed by atoms with Gasteiger partial charge in [-0.15, -0.1) is 0 Å². The Kier molecular flexibility index (Phi) is 2.96. The summed E-state index contributed by atoms with van der Waals surface area (Å²) >= 11 is 0. The molecule has 1 atom stereocenters. The zero-order chi connectivity index (χ0) is 10.7. The summed E-state index contributed by atoms with van der Waals surface area (Å²) in [5, 5.41) is 12.2. The van der Waals surface area contributed by atoms with Crippen LogP contribution < -0.4 is 5.32 Å². The molecule has 6 nitrogen and oxygen atoms in total. The van der Waals surface area contributed by atoms with E-state index >= 15 is 0 Å². The van der Waals surface area contributed by atoms with E-state index < -0.39 is 6.09 Å². The minimum absolute atomic E-state index is 0.0656. The molecule has 1 fully saturated rings. The average molecular weight is 214 g/mol. The first-order valence-electron chi connectivity index (χ1n) is 4.91. The van der Waals surface area contributed by atoms with Crippen molar-refractivity contribution in [3.63, 3.8) is 0 Å². The molecule has 0 aromatic rings. The number of amides is 1. The molecule has 2 N–H and O–H groups in total. The Balaban J connectivity index is 1.95. The van der Waals surface area contributed by atoms with Gasteiger partial charge < -0.3 is 24.8 Å². The van der Waals surface area contributed by atoms with Crippen molar-refractivity contribution in [3.05, 3.63) is 12.0 Å². The van der Waals surface area contributed by atoms with Crippen LogP contribution in [0.15, 0.2) is 12.0 Å². The van der Waals surface area contributed by atoms with E-state index in [1.165, 1.54) is 4.90 Å². The number of ether oxygens (including phenoxy) is 2. The standard InChI is InChI=1S/C9H14N2O4/c12-9(13)11-2-1-10-4-7(11)3-8-5-14-6-15-8/h5,7,10H,1-4,6H2,(H,12,13). The number of nitrogens with one attached hydrogen (secondary N) is 1. The summed E-state index contributed by atoms with van der Waals surface area (Å²) in [5.74, 6) is 0.718. The molecule has 0 radical (unpaired) electrons. The van der Waals surface area contributed by atoms with E-state index in [1.54, 1.807) is 6.26 Å². The lowest BCUT2D eigenvalue weighted by Gasteiger charge is -2.33. The first-order valence-corrected chi connectivity index (χ1v) is 4.91. The lowest BCUT2D eigenvalue weighted by atomic mass is 10.1. The van der Waals surface area contributed by atoms with Crippen molar-refractivity contribution in [2.24, 2.45) is 0 Å². The lowest BCUT2D eigenvalue weighted by molar-refractivity contribution is 0.0682. The van der Waals surface area contributed by atoms with E-state index in [1.807, 2.05) is 0 Å². The van der Waals surface area contributed by atoms with Gasteiger partial charge in [-0.2, -0.15) is 0 Å². The molecular formula is C9H14N2O4. The number of carbonyl (C=O) groups is 1. The van der Waals surface area contributed by atoms with Crippen LogP contribution >= 0.6 is 0 Å². The topological polar surface area (TPSA) is 71.0 Å². The minimum Gasteiger partial charge on any atom is -0.465 e. The molecule has 15 heavy (non-hydrogen) atoms. The highest BCUT2D eigenvalue weighted by atomic mass is 16.7. The first-order chi connectivity index (χ1) is 7.27. The Morgan fingerprint density at radius 1 is 1.73 bits per heavy atom. The maximum Gasteiger partial charge on any atom is 0.407 e. The number of rotatable bonds is 2. The molecule has 0 bridgehead atoms. The molecule has 2 aliphatic heterocycles. The van der Waals surface area contributed by atoms with E-state index in [4.69, 9.17) is 14.6 Å². The third-order valence-corrected chi connectivity index (χ3v) is 2.56. The molecule has 6 heteroatoms. The predicted molar refractivity (Wildman–Crippen MR) is 51.1 cm³/mol. The van der Waals surface area contributed by atoms with Gasteiger partial charge in [0.2, 0.25) is 6.79 Å². The van der Waals surface area contributed by atoms with Gasteiger partial charge in [0.25, 0.3) is 0 Å². The molecule has 1 saturated heterocycles. The number of carboxylic acid groups (broad SMARTS) is 1. The van der Waals surface area contributed by atoms with Crippen LogP contribution in [0, 0.1) is 0 Å².